The fourth-order valence-electron chi connectivity index (χ4n) is 3.31. The molecule has 0 saturated carbocycles. The van der Waals surface area contributed by atoms with Crippen molar-refractivity contribution in [2.24, 2.45) is 5.73 Å². The maximum Gasteiger partial charge on any atom is 0.236 e. The van der Waals surface area contributed by atoms with Crippen molar-refractivity contribution in [1.82, 2.24) is 0 Å². The lowest BCUT2D eigenvalue weighted by atomic mass is 9.84. The lowest BCUT2D eigenvalue weighted by molar-refractivity contribution is -0.117. The van der Waals surface area contributed by atoms with Crippen molar-refractivity contribution in [3.63, 3.8) is 0 Å². The molecule has 1 unspecified atom stereocenters. The van der Waals surface area contributed by atoms with Crippen molar-refractivity contribution in [3.05, 3.63) is 59.7 Å². The summed E-state index contributed by atoms with van der Waals surface area (Å²) < 4.78 is 5.95. The lowest BCUT2D eigenvalue weighted by Crippen LogP contribution is -2.55. The Bertz CT molecular complexity index is 858. The van der Waals surface area contributed by atoms with Crippen molar-refractivity contribution in [2.45, 2.75) is 31.6 Å². The van der Waals surface area contributed by atoms with Gasteiger partial charge in [-0.2, -0.15) is 5.26 Å². The molecule has 1 heterocycles. The molecule has 1 aliphatic heterocycles. The number of primary amides is 1. The van der Waals surface area contributed by atoms with E-state index in [1.807, 2.05) is 30.3 Å². The summed E-state index contributed by atoms with van der Waals surface area (Å²) in [6, 6.07) is 15.9. The summed E-state index contributed by atoms with van der Waals surface area (Å²) in [5.41, 5.74) is 6.46. The molecule has 1 aliphatic rings. The normalized spacial score (nSPS) is 20.4. The summed E-state index contributed by atoms with van der Waals surface area (Å²) in [6.45, 7) is 3.51. The molecule has 3 N–H and O–H groups in total. The van der Waals surface area contributed by atoms with E-state index in [4.69, 9.17) is 10.5 Å². The lowest BCUT2D eigenvalue weighted by Gasteiger charge is -2.46. The second kappa shape index (κ2) is 6.70. The van der Waals surface area contributed by atoms with Crippen molar-refractivity contribution in [2.75, 3.05) is 11.4 Å². The van der Waals surface area contributed by atoms with Gasteiger partial charge in [-0.1, -0.05) is 18.2 Å². The number of amides is 1. The Balaban J connectivity index is 2.18. The van der Waals surface area contributed by atoms with Crippen LogP contribution >= 0.6 is 0 Å². The standard InChI is InChI=1S/C20H21N3O3/c1-20(2)19(25)18(15-10-13(11-21)8-9-16(15)26-20)23(12-17(22)24)14-6-4-3-5-7-14/h3-10,18-19,25H,12H2,1-2H3,(H2,22,24)/t18?,19-/m1/s1. The Labute approximate surface area is 152 Å². The van der Waals surface area contributed by atoms with Gasteiger partial charge in [0, 0.05) is 11.3 Å². The molecular weight excluding hydrogens is 330 g/mol. The van der Waals surface area contributed by atoms with Gasteiger partial charge in [0.15, 0.2) is 0 Å². The number of carbonyl (C=O) groups excluding carboxylic acids is 1. The molecular formula is C20H21N3O3. The van der Waals surface area contributed by atoms with Crippen LogP contribution in [-0.2, 0) is 4.79 Å². The minimum atomic E-state index is -0.941. The van der Waals surface area contributed by atoms with Gasteiger partial charge >= 0.3 is 0 Å². The van der Waals surface area contributed by atoms with Gasteiger partial charge in [-0.15, -0.1) is 0 Å². The predicted octanol–water partition coefficient (Wildman–Crippen LogP) is 2.12. The summed E-state index contributed by atoms with van der Waals surface area (Å²) in [5.74, 6) is 0.0676. The fraction of sp³-hybridized carbons (Fsp3) is 0.300. The molecule has 3 rings (SSSR count). The zero-order chi connectivity index (χ0) is 18.9. The molecule has 134 valence electrons. The molecule has 6 heteroatoms. The zero-order valence-electron chi connectivity index (χ0n) is 14.7. The molecule has 2 aromatic carbocycles. The Morgan fingerprint density at radius 2 is 2.00 bits per heavy atom. The molecule has 0 spiro atoms. The largest absolute Gasteiger partial charge is 0.485 e. The first kappa shape index (κ1) is 17.8. The summed E-state index contributed by atoms with van der Waals surface area (Å²) >= 11 is 0. The van der Waals surface area contributed by atoms with Crippen molar-refractivity contribution in [1.29, 1.82) is 5.26 Å². The Kier molecular flexibility index (Phi) is 4.58. The molecule has 0 saturated heterocycles. The molecule has 2 atom stereocenters. The number of para-hydroxylation sites is 1. The van der Waals surface area contributed by atoms with Gasteiger partial charge in [-0.3, -0.25) is 4.79 Å². The van der Waals surface area contributed by atoms with Crippen LogP contribution in [0.25, 0.3) is 0 Å². The predicted molar refractivity (Wildman–Crippen MR) is 97.6 cm³/mol. The number of fused-ring (bicyclic) bond motifs is 1. The quantitative estimate of drug-likeness (QED) is 0.879. The van der Waals surface area contributed by atoms with Crippen LogP contribution < -0.4 is 15.4 Å². The number of nitrogens with zero attached hydrogens (tertiary/aromatic N) is 2. The molecule has 0 aromatic heterocycles. The van der Waals surface area contributed by atoms with E-state index in [1.165, 1.54) is 0 Å². The maximum absolute atomic E-state index is 11.7. The van der Waals surface area contributed by atoms with Crippen LogP contribution in [0.5, 0.6) is 5.75 Å². The van der Waals surface area contributed by atoms with E-state index in [0.717, 1.165) is 5.69 Å². The topological polar surface area (TPSA) is 99.6 Å². The second-order valence-corrected chi connectivity index (χ2v) is 6.89. The van der Waals surface area contributed by atoms with Crippen molar-refractivity contribution < 1.29 is 14.6 Å². The number of carbonyl (C=O) groups is 1. The van der Waals surface area contributed by atoms with Crippen LogP contribution in [0.2, 0.25) is 0 Å². The SMILES string of the molecule is CC1(C)Oc2ccc(C#N)cc2C(N(CC(N)=O)c2ccccc2)[C@H]1O. The Hall–Kier alpha value is -3.04. The van der Waals surface area contributed by atoms with Crippen LogP contribution in [0.1, 0.15) is 31.0 Å². The van der Waals surface area contributed by atoms with E-state index >= 15 is 0 Å². The summed E-state index contributed by atoms with van der Waals surface area (Å²) in [4.78, 5) is 13.5. The number of anilines is 1. The van der Waals surface area contributed by atoms with Crippen molar-refractivity contribution >= 4 is 11.6 Å². The van der Waals surface area contributed by atoms with E-state index in [9.17, 15) is 15.2 Å². The first-order chi connectivity index (χ1) is 12.3. The Morgan fingerprint density at radius 3 is 2.62 bits per heavy atom. The van der Waals surface area contributed by atoms with Gasteiger partial charge < -0.3 is 20.5 Å². The smallest absolute Gasteiger partial charge is 0.236 e. The minimum Gasteiger partial charge on any atom is -0.485 e. The van der Waals surface area contributed by atoms with E-state index in [2.05, 4.69) is 6.07 Å². The molecule has 2 aromatic rings. The van der Waals surface area contributed by atoms with Crippen molar-refractivity contribution in [3.8, 4) is 11.8 Å². The van der Waals surface area contributed by atoms with Gasteiger partial charge in [0.2, 0.25) is 5.91 Å². The zero-order valence-corrected chi connectivity index (χ0v) is 14.7. The molecule has 0 radical (unpaired) electrons. The number of hydrogen-bond donors (Lipinski definition) is 2. The van der Waals surface area contributed by atoms with E-state index in [0.29, 0.717) is 16.9 Å². The van der Waals surface area contributed by atoms with Gasteiger partial charge in [0.05, 0.1) is 24.2 Å². The van der Waals surface area contributed by atoms with Gasteiger partial charge in [0.1, 0.15) is 17.5 Å². The van der Waals surface area contributed by atoms with Gasteiger partial charge in [-0.25, -0.2) is 0 Å². The number of aliphatic hydroxyl groups excluding tert-OH is 1. The van der Waals surface area contributed by atoms with Crippen LogP contribution in [-0.4, -0.2) is 29.3 Å². The van der Waals surface area contributed by atoms with E-state index in [1.54, 1.807) is 36.9 Å². The third-order valence-electron chi connectivity index (χ3n) is 4.59. The monoisotopic (exact) mass is 351 g/mol. The fourth-order valence-corrected chi connectivity index (χ4v) is 3.31. The van der Waals surface area contributed by atoms with Crippen LogP contribution in [0.3, 0.4) is 0 Å². The number of hydrogen-bond acceptors (Lipinski definition) is 5. The third kappa shape index (κ3) is 3.22. The minimum absolute atomic E-state index is 0.0714. The highest BCUT2D eigenvalue weighted by molar-refractivity contribution is 5.80. The molecule has 6 nitrogen and oxygen atoms in total. The van der Waals surface area contributed by atoms with Crippen LogP contribution in [0.15, 0.2) is 48.5 Å². The summed E-state index contributed by atoms with van der Waals surface area (Å²) in [6.07, 6.45) is -0.941. The first-order valence-corrected chi connectivity index (χ1v) is 8.34. The third-order valence-corrected chi connectivity index (χ3v) is 4.59. The van der Waals surface area contributed by atoms with Gasteiger partial charge in [0.25, 0.3) is 0 Å². The Morgan fingerprint density at radius 1 is 1.31 bits per heavy atom. The highest BCUT2D eigenvalue weighted by atomic mass is 16.5. The van der Waals surface area contributed by atoms with Crippen LogP contribution in [0.4, 0.5) is 5.69 Å². The van der Waals surface area contributed by atoms with Crippen LogP contribution in [0, 0.1) is 11.3 Å². The number of nitriles is 1. The number of nitrogens with two attached hydrogens (primary N) is 1. The average molecular weight is 351 g/mol. The highest BCUT2D eigenvalue weighted by Crippen LogP contribution is 2.44. The summed E-state index contributed by atoms with van der Waals surface area (Å²) in [7, 11) is 0. The number of aliphatic hydroxyl groups is 1. The molecule has 0 bridgehead atoms. The molecule has 0 fully saturated rings. The second-order valence-electron chi connectivity index (χ2n) is 6.89. The molecule has 0 aliphatic carbocycles. The number of rotatable bonds is 4. The average Bonchev–Trinajstić information content (AvgIpc) is 2.61. The molecule has 1 amide bonds. The highest BCUT2D eigenvalue weighted by Gasteiger charge is 2.46. The number of benzene rings is 2. The van der Waals surface area contributed by atoms with E-state index < -0.39 is 23.7 Å². The first-order valence-electron chi connectivity index (χ1n) is 8.34. The maximum atomic E-state index is 11.7. The summed E-state index contributed by atoms with van der Waals surface area (Å²) in [5, 5.41) is 20.3. The molecule has 26 heavy (non-hydrogen) atoms. The van der Waals surface area contributed by atoms with Gasteiger partial charge in [-0.05, 0) is 44.2 Å². The van der Waals surface area contributed by atoms with E-state index in [-0.39, 0.29) is 6.54 Å². The number of ether oxygens (including phenoxy) is 1.